The highest BCUT2D eigenvalue weighted by Crippen LogP contribution is 2.29. The van der Waals surface area contributed by atoms with E-state index in [1.165, 1.54) is 0 Å². The van der Waals surface area contributed by atoms with Crippen molar-refractivity contribution >= 4 is 23.5 Å². The Balaban J connectivity index is 2.31. The van der Waals surface area contributed by atoms with E-state index in [0.717, 1.165) is 4.90 Å². The summed E-state index contributed by atoms with van der Waals surface area (Å²) in [6, 6.07) is 8.29. The molecule has 0 spiro atoms. The molecule has 1 fully saturated rings. The van der Waals surface area contributed by atoms with Crippen molar-refractivity contribution in [3.63, 3.8) is 0 Å². The first-order valence-corrected chi connectivity index (χ1v) is 6.56. The summed E-state index contributed by atoms with van der Waals surface area (Å²) in [4.78, 5) is 25.5. The van der Waals surface area contributed by atoms with Crippen LogP contribution in [0.5, 0.6) is 0 Å². The highest BCUT2D eigenvalue weighted by atomic mass is 35.5. The first-order chi connectivity index (χ1) is 9.38. The number of urea groups is 1. The van der Waals surface area contributed by atoms with E-state index in [9.17, 15) is 9.59 Å². The number of benzene rings is 1. The van der Waals surface area contributed by atoms with E-state index in [1.807, 2.05) is 6.07 Å². The molecule has 20 heavy (non-hydrogen) atoms. The SMILES string of the molecule is C[C@H](C#N)CN1C(=O)N[C@](C)(c2ccc(Cl)cc2)C1=O. The van der Waals surface area contributed by atoms with Gasteiger partial charge in [0, 0.05) is 11.6 Å². The Kier molecular flexibility index (Phi) is 3.69. The van der Waals surface area contributed by atoms with Gasteiger partial charge in [-0.05, 0) is 31.5 Å². The number of rotatable bonds is 3. The molecule has 0 saturated carbocycles. The van der Waals surface area contributed by atoms with Gasteiger partial charge in [-0.3, -0.25) is 9.69 Å². The Morgan fingerprint density at radius 2 is 2.00 bits per heavy atom. The summed E-state index contributed by atoms with van der Waals surface area (Å²) in [5.74, 6) is -0.760. The predicted octanol–water partition coefficient (Wildman–Crippen LogP) is 2.27. The van der Waals surface area contributed by atoms with Crippen molar-refractivity contribution in [1.29, 1.82) is 5.26 Å². The molecule has 2 rings (SSSR count). The average Bonchev–Trinajstić information content (AvgIpc) is 2.64. The summed E-state index contributed by atoms with van der Waals surface area (Å²) in [5.41, 5.74) is -0.455. The fourth-order valence-corrected chi connectivity index (χ4v) is 2.28. The van der Waals surface area contributed by atoms with E-state index >= 15 is 0 Å². The number of nitriles is 1. The van der Waals surface area contributed by atoms with Crippen LogP contribution in [0.25, 0.3) is 0 Å². The molecule has 1 saturated heterocycles. The third kappa shape index (κ3) is 2.35. The molecule has 0 aromatic heterocycles. The van der Waals surface area contributed by atoms with Crippen molar-refractivity contribution in [2.24, 2.45) is 5.92 Å². The van der Waals surface area contributed by atoms with Crippen LogP contribution in [0.1, 0.15) is 19.4 Å². The van der Waals surface area contributed by atoms with Gasteiger partial charge >= 0.3 is 6.03 Å². The number of carbonyl (C=O) groups excluding carboxylic acids is 2. The van der Waals surface area contributed by atoms with Crippen LogP contribution in [0.3, 0.4) is 0 Å². The molecular formula is C14H14ClN3O2. The summed E-state index contributed by atoms with van der Waals surface area (Å²) in [7, 11) is 0. The van der Waals surface area contributed by atoms with Crippen LogP contribution in [0.15, 0.2) is 24.3 Å². The second kappa shape index (κ2) is 5.14. The van der Waals surface area contributed by atoms with Gasteiger partial charge in [0.05, 0.1) is 12.0 Å². The van der Waals surface area contributed by atoms with Crippen LogP contribution in [0.2, 0.25) is 5.02 Å². The summed E-state index contributed by atoms with van der Waals surface area (Å²) >= 11 is 5.83. The van der Waals surface area contributed by atoms with Crippen LogP contribution in [0, 0.1) is 17.2 Å². The maximum absolute atomic E-state index is 12.5. The minimum atomic E-state index is -1.11. The van der Waals surface area contributed by atoms with Gasteiger partial charge in [-0.1, -0.05) is 23.7 Å². The molecule has 1 aromatic rings. The van der Waals surface area contributed by atoms with Gasteiger partial charge in [-0.25, -0.2) is 4.79 Å². The fourth-order valence-electron chi connectivity index (χ4n) is 2.16. The molecule has 104 valence electrons. The number of nitrogens with one attached hydrogen (secondary N) is 1. The van der Waals surface area contributed by atoms with Gasteiger partial charge in [0.2, 0.25) is 0 Å². The first kappa shape index (κ1) is 14.4. The molecule has 1 aliphatic heterocycles. The molecule has 5 nitrogen and oxygen atoms in total. The van der Waals surface area contributed by atoms with E-state index in [0.29, 0.717) is 10.6 Å². The van der Waals surface area contributed by atoms with Crippen molar-refractivity contribution < 1.29 is 9.59 Å². The zero-order chi connectivity index (χ0) is 14.9. The summed E-state index contributed by atoms with van der Waals surface area (Å²) in [6.07, 6.45) is 0. The van der Waals surface area contributed by atoms with Crippen molar-refractivity contribution in [3.8, 4) is 6.07 Å². The number of amides is 3. The maximum Gasteiger partial charge on any atom is 0.325 e. The van der Waals surface area contributed by atoms with E-state index in [1.54, 1.807) is 38.1 Å². The molecule has 1 heterocycles. The van der Waals surface area contributed by atoms with Gasteiger partial charge in [0.15, 0.2) is 0 Å². The number of imide groups is 1. The lowest BCUT2D eigenvalue weighted by Gasteiger charge is -2.22. The smallest absolute Gasteiger partial charge is 0.319 e. The van der Waals surface area contributed by atoms with Gasteiger partial charge in [-0.15, -0.1) is 0 Å². The molecule has 0 unspecified atom stereocenters. The van der Waals surface area contributed by atoms with Crippen molar-refractivity contribution in [2.75, 3.05) is 6.54 Å². The number of halogens is 1. The molecule has 0 radical (unpaired) electrons. The Bertz CT molecular complexity index is 593. The van der Waals surface area contributed by atoms with Gasteiger partial charge in [0.25, 0.3) is 5.91 Å². The van der Waals surface area contributed by atoms with E-state index in [-0.39, 0.29) is 12.5 Å². The highest BCUT2D eigenvalue weighted by Gasteiger charge is 2.49. The zero-order valence-corrected chi connectivity index (χ0v) is 11.9. The number of hydrogen-bond acceptors (Lipinski definition) is 3. The van der Waals surface area contributed by atoms with E-state index in [2.05, 4.69) is 5.32 Å². The molecule has 0 aliphatic carbocycles. The Hall–Kier alpha value is -2.06. The molecule has 1 aromatic carbocycles. The molecule has 1 aliphatic rings. The van der Waals surface area contributed by atoms with Crippen LogP contribution in [-0.4, -0.2) is 23.4 Å². The molecule has 0 bridgehead atoms. The van der Waals surface area contributed by atoms with Crippen LogP contribution in [-0.2, 0) is 10.3 Å². The number of carbonyl (C=O) groups is 2. The minimum absolute atomic E-state index is 0.0876. The molecule has 2 atom stereocenters. The lowest BCUT2D eigenvalue weighted by atomic mass is 9.92. The maximum atomic E-state index is 12.5. The average molecular weight is 292 g/mol. The lowest BCUT2D eigenvalue weighted by Crippen LogP contribution is -2.41. The molecule has 1 N–H and O–H groups in total. The standard InChI is InChI=1S/C14H14ClN3O2/c1-9(7-16)8-18-12(19)14(2,17-13(18)20)10-3-5-11(15)6-4-10/h3-6,9H,8H2,1-2H3,(H,17,20)/t9-,14-/m1/s1. The molecule has 3 amide bonds. The van der Waals surface area contributed by atoms with Gasteiger partial charge in [0.1, 0.15) is 5.54 Å². The normalized spacial score (nSPS) is 23.4. The van der Waals surface area contributed by atoms with Crippen LogP contribution in [0.4, 0.5) is 4.79 Å². The van der Waals surface area contributed by atoms with E-state index < -0.39 is 17.5 Å². The second-order valence-corrected chi connectivity index (χ2v) is 5.44. The predicted molar refractivity (Wildman–Crippen MR) is 73.8 cm³/mol. The molecular weight excluding hydrogens is 278 g/mol. The van der Waals surface area contributed by atoms with Crippen LogP contribution < -0.4 is 5.32 Å². The van der Waals surface area contributed by atoms with Gasteiger partial charge in [-0.2, -0.15) is 5.26 Å². The largest absolute Gasteiger partial charge is 0.325 e. The zero-order valence-electron chi connectivity index (χ0n) is 11.2. The Labute approximate surface area is 122 Å². The third-order valence-electron chi connectivity index (χ3n) is 3.37. The quantitative estimate of drug-likeness (QED) is 0.868. The van der Waals surface area contributed by atoms with Crippen molar-refractivity contribution in [1.82, 2.24) is 10.2 Å². The topological polar surface area (TPSA) is 73.2 Å². The Morgan fingerprint density at radius 3 is 2.55 bits per heavy atom. The van der Waals surface area contributed by atoms with Crippen LogP contribution >= 0.6 is 11.6 Å². The summed E-state index contributed by atoms with van der Waals surface area (Å²) in [5, 5.41) is 12.1. The van der Waals surface area contributed by atoms with Crippen molar-refractivity contribution in [3.05, 3.63) is 34.9 Å². The summed E-state index contributed by atoms with van der Waals surface area (Å²) in [6.45, 7) is 3.40. The summed E-state index contributed by atoms with van der Waals surface area (Å²) < 4.78 is 0. The monoisotopic (exact) mass is 291 g/mol. The van der Waals surface area contributed by atoms with E-state index in [4.69, 9.17) is 16.9 Å². The highest BCUT2D eigenvalue weighted by molar-refractivity contribution is 6.30. The van der Waals surface area contributed by atoms with Gasteiger partial charge < -0.3 is 5.32 Å². The first-order valence-electron chi connectivity index (χ1n) is 6.18. The molecule has 6 heteroatoms. The second-order valence-electron chi connectivity index (χ2n) is 5.01. The minimum Gasteiger partial charge on any atom is -0.319 e. The third-order valence-corrected chi connectivity index (χ3v) is 3.63. The number of hydrogen-bond donors (Lipinski definition) is 1. The Morgan fingerprint density at radius 1 is 1.40 bits per heavy atom. The van der Waals surface area contributed by atoms with Crippen molar-refractivity contribution in [2.45, 2.75) is 19.4 Å². The fraction of sp³-hybridized carbons (Fsp3) is 0.357. The number of nitrogens with zero attached hydrogens (tertiary/aromatic N) is 2. The lowest BCUT2D eigenvalue weighted by molar-refractivity contribution is -0.131.